The van der Waals surface area contributed by atoms with Crippen LogP contribution >= 0.6 is 0 Å². The molecule has 1 saturated heterocycles. The van der Waals surface area contributed by atoms with E-state index in [0.29, 0.717) is 12.3 Å². The lowest BCUT2D eigenvalue weighted by molar-refractivity contribution is -0.133. The summed E-state index contributed by atoms with van der Waals surface area (Å²) < 4.78 is 0. The van der Waals surface area contributed by atoms with E-state index in [-0.39, 0.29) is 17.7 Å². The van der Waals surface area contributed by atoms with E-state index in [0.717, 1.165) is 32.4 Å². The highest BCUT2D eigenvalue weighted by molar-refractivity contribution is 6.16. The highest BCUT2D eigenvalue weighted by atomic mass is 16.2. The molecule has 2 rings (SSSR count). The van der Waals surface area contributed by atoms with Crippen molar-refractivity contribution in [3.05, 3.63) is 0 Å². The van der Waals surface area contributed by atoms with Crippen molar-refractivity contribution in [2.75, 3.05) is 13.1 Å². The number of nitrogens with zero attached hydrogens (tertiary/aromatic N) is 1. The molecule has 1 fully saturated rings. The van der Waals surface area contributed by atoms with Gasteiger partial charge in [0.2, 0.25) is 5.91 Å². The first kappa shape index (κ1) is 12.2. The minimum absolute atomic E-state index is 0.166. The molecule has 5 heteroatoms. The maximum Gasteiger partial charge on any atom is 0.259 e. The molecular weight excluding hydrogens is 218 g/mol. The van der Waals surface area contributed by atoms with Crippen LogP contribution in [0.25, 0.3) is 0 Å². The molecule has 0 radical (unpaired) electrons. The van der Waals surface area contributed by atoms with Crippen molar-refractivity contribution in [1.82, 2.24) is 10.6 Å². The van der Waals surface area contributed by atoms with Crippen molar-refractivity contribution in [3.8, 4) is 0 Å². The largest absolute Gasteiger partial charge is 0.317 e. The summed E-state index contributed by atoms with van der Waals surface area (Å²) in [5.74, 6) is -0.171. The molecule has 1 unspecified atom stereocenters. The zero-order chi connectivity index (χ0) is 12.3. The van der Waals surface area contributed by atoms with Crippen LogP contribution in [0.4, 0.5) is 0 Å². The minimum atomic E-state index is -0.564. The molecule has 2 aliphatic rings. The highest BCUT2D eigenvalue weighted by Crippen LogP contribution is 2.19. The quantitative estimate of drug-likeness (QED) is 0.700. The summed E-state index contributed by atoms with van der Waals surface area (Å²) in [4.78, 5) is 27.7. The monoisotopic (exact) mass is 237 g/mol. The van der Waals surface area contributed by atoms with E-state index in [1.54, 1.807) is 0 Å². The highest BCUT2D eigenvalue weighted by Gasteiger charge is 2.33. The molecule has 94 valence electrons. The molecule has 0 aromatic rings. The number of carbonyl (C=O) groups is 2. The number of aliphatic imine (C=N–C) groups is 1. The lowest BCUT2D eigenvalue weighted by atomic mass is 9.93. The molecular formula is C12H19N3O2. The summed E-state index contributed by atoms with van der Waals surface area (Å²) >= 11 is 0. The van der Waals surface area contributed by atoms with Gasteiger partial charge in [0, 0.05) is 5.92 Å². The first-order chi connectivity index (χ1) is 8.22. The Labute approximate surface area is 101 Å². The van der Waals surface area contributed by atoms with Crippen LogP contribution in [0.15, 0.2) is 4.99 Å². The number of amides is 2. The maximum absolute atomic E-state index is 11.8. The number of hydrogen-bond donors (Lipinski definition) is 2. The molecule has 0 bridgehead atoms. The lowest BCUT2D eigenvalue weighted by Gasteiger charge is -2.28. The van der Waals surface area contributed by atoms with Crippen molar-refractivity contribution in [3.63, 3.8) is 0 Å². The standard InChI is InChI=1S/C12H19N3O2/c1-2-3-9-11(16)14-10(15-12(9)17)8-4-6-13-7-5-8/h8-9,13H,2-7H2,1H3,(H,14,15,16,17). The third kappa shape index (κ3) is 2.72. The smallest absolute Gasteiger partial charge is 0.259 e. The topological polar surface area (TPSA) is 70.6 Å². The Hall–Kier alpha value is -1.23. The van der Waals surface area contributed by atoms with Gasteiger partial charge in [0.15, 0.2) is 0 Å². The summed E-state index contributed by atoms with van der Waals surface area (Å²) in [7, 11) is 0. The number of nitrogens with one attached hydrogen (secondary N) is 2. The third-order valence-electron chi connectivity index (χ3n) is 3.40. The van der Waals surface area contributed by atoms with Crippen molar-refractivity contribution < 1.29 is 9.59 Å². The van der Waals surface area contributed by atoms with Gasteiger partial charge in [-0.1, -0.05) is 13.3 Å². The zero-order valence-electron chi connectivity index (χ0n) is 10.2. The van der Waals surface area contributed by atoms with Gasteiger partial charge in [-0.05, 0) is 32.4 Å². The van der Waals surface area contributed by atoms with E-state index in [9.17, 15) is 9.59 Å². The number of rotatable bonds is 3. The molecule has 0 aromatic carbocycles. The van der Waals surface area contributed by atoms with E-state index in [1.807, 2.05) is 6.92 Å². The molecule has 0 aliphatic carbocycles. The Morgan fingerprint density at radius 2 is 2.00 bits per heavy atom. The van der Waals surface area contributed by atoms with Gasteiger partial charge in [0.1, 0.15) is 11.8 Å². The Morgan fingerprint density at radius 3 is 2.59 bits per heavy atom. The van der Waals surface area contributed by atoms with Crippen LogP contribution in [-0.2, 0) is 9.59 Å². The molecule has 17 heavy (non-hydrogen) atoms. The third-order valence-corrected chi connectivity index (χ3v) is 3.40. The van der Waals surface area contributed by atoms with Crippen molar-refractivity contribution in [1.29, 1.82) is 0 Å². The Morgan fingerprint density at radius 1 is 1.29 bits per heavy atom. The van der Waals surface area contributed by atoms with Crippen molar-refractivity contribution in [2.45, 2.75) is 32.6 Å². The van der Waals surface area contributed by atoms with Crippen LogP contribution in [0.3, 0.4) is 0 Å². The van der Waals surface area contributed by atoms with Crippen LogP contribution in [0.2, 0.25) is 0 Å². The van der Waals surface area contributed by atoms with Gasteiger partial charge < -0.3 is 10.6 Å². The van der Waals surface area contributed by atoms with Crippen LogP contribution in [0.5, 0.6) is 0 Å². The minimum Gasteiger partial charge on any atom is -0.317 e. The molecule has 2 aliphatic heterocycles. The predicted octanol–water partition coefficient (Wildman–Crippen LogP) is 0.457. The van der Waals surface area contributed by atoms with Crippen LogP contribution in [-0.4, -0.2) is 30.7 Å². The summed E-state index contributed by atoms with van der Waals surface area (Å²) in [5.41, 5.74) is 0. The Balaban J connectivity index is 2.07. The second-order valence-electron chi connectivity index (χ2n) is 4.69. The van der Waals surface area contributed by atoms with Crippen LogP contribution < -0.4 is 10.6 Å². The summed E-state index contributed by atoms with van der Waals surface area (Å²) in [6.45, 7) is 3.81. The molecule has 2 N–H and O–H groups in total. The van der Waals surface area contributed by atoms with Crippen molar-refractivity contribution in [2.24, 2.45) is 16.8 Å². The molecule has 5 nitrogen and oxygen atoms in total. The number of hydrogen-bond acceptors (Lipinski definition) is 3. The second kappa shape index (κ2) is 5.40. The van der Waals surface area contributed by atoms with Gasteiger partial charge in [0.25, 0.3) is 5.91 Å². The first-order valence-electron chi connectivity index (χ1n) is 6.36. The van der Waals surface area contributed by atoms with Crippen LogP contribution in [0, 0.1) is 11.8 Å². The van der Waals surface area contributed by atoms with Crippen LogP contribution in [0.1, 0.15) is 32.6 Å². The summed E-state index contributed by atoms with van der Waals surface area (Å²) in [6.07, 6.45) is 3.28. The van der Waals surface area contributed by atoms with E-state index >= 15 is 0 Å². The fourth-order valence-corrected chi connectivity index (χ4v) is 2.38. The van der Waals surface area contributed by atoms with Gasteiger partial charge in [-0.25, -0.2) is 0 Å². The lowest BCUT2D eigenvalue weighted by Crippen LogP contribution is -2.48. The van der Waals surface area contributed by atoms with Gasteiger partial charge in [0.05, 0.1) is 0 Å². The molecule has 0 saturated carbocycles. The average Bonchev–Trinajstić information content (AvgIpc) is 2.35. The molecule has 0 spiro atoms. The average molecular weight is 237 g/mol. The van der Waals surface area contributed by atoms with Gasteiger partial charge in [-0.2, -0.15) is 4.99 Å². The van der Waals surface area contributed by atoms with Gasteiger partial charge in [-0.15, -0.1) is 0 Å². The Kier molecular flexibility index (Phi) is 3.89. The van der Waals surface area contributed by atoms with E-state index in [4.69, 9.17) is 0 Å². The van der Waals surface area contributed by atoms with Gasteiger partial charge >= 0.3 is 0 Å². The van der Waals surface area contributed by atoms with Gasteiger partial charge in [-0.3, -0.25) is 9.59 Å². The SMILES string of the molecule is CCCC1C(=O)N=C(C2CCNCC2)NC1=O. The number of piperidine rings is 1. The number of carbonyl (C=O) groups excluding carboxylic acids is 2. The first-order valence-corrected chi connectivity index (χ1v) is 6.36. The number of amidine groups is 1. The second-order valence-corrected chi connectivity index (χ2v) is 4.69. The molecule has 0 aromatic heterocycles. The summed E-state index contributed by atoms with van der Waals surface area (Å²) in [5, 5.41) is 6.07. The fourth-order valence-electron chi connectivity index (χ4n) is 2.38. The van der Waals surface area contributed by atoms with Crippen molar-refractivity contribution >= 4 is 17.6 Å². The fraction of sp³-hybridized carbons (Fsp3) is 0.750. The normalized spacial score (nSPS) is 26.6. The molecule has 1 atom stereocenters. The zero-order valence-corrected chi connectivity index (χ0v) is 10.2. The Bertz CT molecular complexity index is 346. The van der Waals surface area contributed by atoms with E-state index in [1.165, 1.54) is 0 Å². The van der Waals surface area contributed by atoms with E-state index < -0.39 is 5.92 Å². The molecule has 2 heterocycles. The summed E-state index contributed by atoms with van der Waals surface area (Å²) in [6, 6.07) is 0. The predicted molar refractivity (Wildman–Crippen MR) is 64.6 cm³/mol. The van der Waals surface area contributed by atoms with E-state index in [2.05, 4.69) is 15.6 Å². The maximum atomic E-state index is 11.8. The molecule has 2 amide bonds.